The number of halogens is 3. The number of carbonyl (C=O) groups excluding carboxylic acids is 1. The van der Waals surface area contributed by atoms with Crippen LogP contribution in [-0.4, -0.2) is 30.3 Å². The number of hydrazone groups is 1. The molecule has 0 saturated heterocycles. The first-order valence-corrected chi connectivity index (χ1v) is 12.8. The molecule has 0 saturated carbocycles. The van der Waals surface area contributed by atoms with Crippen molar-refractivity contribution in [1.29, 1.82) is 0 Å². The van der Waals surface area contributed by atoms with Crippen LogP contribution in [0.15, 0.2) is 76.4 Å². The third-order valence-corrected chi connectivity index (χ3v) is 6.51. The molecule has 37 heavy (non-hydrogen) atoms. The summed E-state index contributed by atoms with van der Waals surface area (Å²) in [5.74, 6) is 1.19. The molecule has 0 bridgehead atoms. The van der Waals surface area contributed by atoms with Crippen molar-refractivity contribution in [3.63, 3.8) is 0 Å². The van der Waals surface area contributed by atoms with Crippen molar-refractivity contribution < 1.29 is 19.0 Å². The fourth-order valence-electron chi connectivity index (χ4n) is 3.36. The highest BCUT2D eigenvalue weighted by Gasteiger charge is 2.12. The number of rotatable bonds is 10. The second-order valence-corrected chi connectivity index (χ2v) is 9.37. The number of carbonyl (C=O) groups is 1. The van der Waals surface area contributed by atoms with Crippen LogP contribution in [0.5, 0.6) is 17.2 Å². The summed E-state index contributed by atoms with van der Waals surface area (Å²) in [6.45, 7) is 2.39. The Hall–Kier alpha value is -3.33. The zero-order chi connectivity index (χ0) is 26.2. The SMILES string of the molecule is CCOc1cc(/C=N/NC(=O)COc2cccc3cccnc23)c(Br)cc1OCc1ccc(Cl)c(Cl)c1. The fraction of sp³-hybridized carbons (Fsp3) is 0.148. The summed E-state index contributed by atoms with van der Waals surface area (Å²) in [7, 11) is 0. The number of nitrogens with zero attached hydrogens (tertiary/aromatic N) is 2. The number of hydrogen-bond acceptors (Lipinski definition) is 6. The summed E-state index contributed by atoms with van der Waals surface area (Å²) in [6, 6.07) is 18.2. The van der Waals surface area contributed by atoms with E-state index in [0.717, 1.165) is 10.9 Å². The molecular formula is C27H22BrCl2N3O4. The summed E-state index contributed by atoms with van der Waals surface area (Å²) >= 11 is 15.6. The summed E-state index contributed by atoms with van der Waals surface area (Å²) < 4.78 is 18.1. The number of hydrogen-bond donors (Lipinski definition) is 1. The Morgan fingerprint density at radius 2 is 1.81 bits per heavy atom. The number of aromatic nitrogens is 1. The third kappa shape index (κ3) is 7.13. The quantitative estimate of drug-likeness (QED) is 0.159. The maximum absolute atomic E-state index is 12.3. The second kappa shape index (κ2) is 12.8. The smallest absolute Gasteiger partial charge is 0.277 e. The molecule has 1 heterocycles. The van der Waals surface area contributed by atoms with Crippen molar-refractivity contribution >= 4 is 62.2 Å². The third-order valence-electron chi connectivity index (χ3n) is 5.09. The minimum absolute atomic E-state index is 0.208. The predicted octanol–water partition coefficient (Wildman–Crippen LogP) is 6.81. The first-order valence-electron chi connectivity index (χ1n) is 11.3. The first-order chi connectivity index (χ1) is 17.9. The normalized spacial score (nSPS) is 11.0. The number of fused-ring (bicyclic) bond motifs is 1. The van der Waals surface area contributed by atoms with E-state index in [9.17, 15) is 4.79 Å². The molecule has 1 aromatic heterocycles. The van der Waals surface area contributed by atoms with Crippen LogP contribution in [0, 0.1) is 0 Å². The lowest BCUT2D eigenvalue weighted by molar-refractivity contribution is -0.123. The van der Waals surface area contributed by atoms with Gasteiger partial charge in [0.25, 0.3) is 5.91 Å². The van der Waals surface area contributed by atoms with Crippen LogP contribution in [0.1, 0.15) is 18.1 Å². The highest BCUT2D eigenvalue weighted by Crippen LogP contribution is 2.34. The van der Waals surface area contributed by atoms with Gasteiger partial charge in [0.2, 0.25) is 0 Å². The summed E-state index contributed by atoms with van der Waals surface area (Å²) in [4.78, 5) is 16.6. The lowest BCUT2D eigenvalue weighted by atomic mass is 10.2. The fourth-order valence-corrected chi connectivity index (χ4v) is 4.11. The highest BCUT2D eigenvalue weighted by atomic mass is 79.9. The van der Waals surface area contributed by atoms with Gasteiger partial charge in [0.15, 0.2) is 18.1 Å². The lowest BCUT2D eigenvalue weighted by Gasteiger charge is -2.14. The molecule has 4 aromatic rings. The van der Waals surface area contributed by atoms with Crippen molar-refractivity contribution in [1.82, 2.24) is 10.4 Å². The molecule has 0 radical (unpaired) electrons. The number of amides is 1. The van der Waals surface area contributed by atoms with Gasteiger partial charge in [-0.15, -0.1) is 0 Å². The highest BCUT2D eigenvalue weighted by molar-refractivity contribution is 9.10. The zero-order valence-corrected chi connectivity index (χ0v) is 22.8. The molecule has 10 heteroatoms. The monoisotopic (exact) mass is 601 g/mol. The molecule has 1 amide bonds. The van der Waals surface area contributed by atoms with Gasteiger partial charge in [-0.1, -0.05) is 47.5 Å². The molecule has 4 rings (SSSR count). The lowest BCUT2D eigenvalue weighted by Crippen LogP contribution is -2.24. The standard InChI is InChI=1S/C27H22BrCl2N3O4/c1-2-35-24-12-19(20(28)13-25(24)36-15-17-8-9-21(29)22(30)11-17)14-32-33-26(34)16-37-23-7-3-5-18-6-4-10-31-27(18)23/h3-14H,2,15-16H2,1H3,(H,33,34)/b32-14+. The Balaban J connectivity index is 1.38. The van der Waals surface area contributed by atoms with Crippen LogP contribution >= 0.6 is 39.1 Å². The van der Waals surface area contributed by atoms with Gasteiger partial charge in [-0.25, -0.2) is 5.43 Å². The maximum Gasteiger partial charge on any atom is 0.277 e. The molecule has 0 aliphatic heterocycles. The Morgan fingerprint density at radius 3 is 2.62 bits per heavy atom. The Morgan fingerprint density at radius 1 is 1.00 bits per heavy atom. The number of ether oxygens (including phenoxy) is 3. The van der Waals surface area contributed by atoms with Crippen LogP contribution in [-0.2, 0) is 11.4 Å². The topological polar surface area (TPSA) is 82.0 Å². The van der Waals surface area contributed by atoms with E-state index in [4.69, 9.17) is 37.4 Å². The van der Waals surface area contributed by atoms with Gasteiger partial charge in [0.05, 0.1) is 22.9 Å². The molecule has 0 atom stereocenters. The van der Waals surface area contributed by atoms with Gasteiger partial charge in [-0.05, 0) is 64.8 Å². The average molecular weight is 603 g/mol. The van der Waals surface area contributed by atoms with E-state index in [1.807, 2.05) is 37.3 Å². The summed E-state index contributed by atoms with van der Waals surface area (Å²) in [6.07, 6.45) is 3.18. The van der Waals surface area contributed by atoms with Gasteiger partial charge >= 0.3 is 0 Å². The van der Waals surface area contributed by atoms with E-state index in [-0.39, 0.29) is 13.2 Å². The Kier molecular flexibility index (Phi) is 9.22. The Labute approximate surface area is 232 Å². The van der Waals surface area contributed by atoms with Gasteiger partial charge in [-0.2, -0.15) is 5.10 Å². The molecule has 0 unspecified atom stereocenters. The zero-order valence-electron chi connectivity index (χ0n) is 19.7. The molecule has 190 valence electrons. The molecule has 0 fully saturated rings. The van der Waals surface area contributed by atoms with Gasteiger partial charge < -0.3 is 14.2 Å². The van der Waals surface area contributed by atoms with Crippen LogP contribution < -0.4 is 19.6 Å². The van der Waals surface area contributed by atoms with Gasteiger partial charge in [-0.3, -0.25) is 9.78 Å². The predicted molar refractivity (Wildman–Crippen MR) is 149 cm³/mol. The number of pyridine rings is 1. The molecule has 3 aromatic carbocycles. The maximum atomic E-state index is 12.3. The van der Waals surface area contributed by atoms with E-state index in [2.05, 4.69) is 31.4 Å². The van der Waals surface area contributed by atoms with Crippen LogP contribution in [0.2, 0.25) is 10.0 Å². The van der Waals surface area contributed by atoms with E-state index in [0.29, 0.717) is 49.5 Å². The number of para-hydroxylation sites is 1. The largest absolute Gasteiger partial charge is 0.490 e. The van der Waals surface area contributed by atoms with E-state index < -0.39 is 5.91 Å². The minimum Gasteiger partial charge on any atom is -0.490 e. The van der Waals surface area contributed by atoms with Crippen molar-refractivity contribution in [2.45, 2.75) is 13.5 Å². The minimum atomic E-state index is -0.410. The van der Waals surface area contributed by atoms with Crippen molar-refractivity contribution in [3.8, 4) is 17.2 Å². The molecular weight excluding hydrogens is 581 g/mol. The number of nitrogens with one attached hydrogen (secondary N) is 1. The molecule has 0 aliphatic rings. The van der Waals surface area contributed by atoms with E-state index in [1.54, 1.807) is 36.5 Å². The van der Waals surface area contributed by atoms with Crippen molar-refractivity contribution in [3.05, 3.63) is 92.5 Å². The first kappa shape index (κ1) is 26.7. The van der Waals surface area contributed by atoms with Crippen molar-refractivity contribution in [2.75, 3.05) is 13.2 Å². The molecule has 7 nitrogen and oxygen atoms in total. The van der Waals surface area contributed by atoms with Crippen LogP contribution in [0.4, 0.5) is 0 Å². The van der Waals surface area contributed by atoms with Gasteiger partial charge in [0, 0.05) is 21.6 Å². The average Bonchev–Trinajstić information content (AvgIpc) is 2.90. The Bertz CT molecular complexity index is 1440. The molecule has 0 spiro atoms. The second-order valence-electron chi connectivity index (χ2n) is 7.70. The summed E-state index contributed by atoms with van der Waals surface area (Å²) in [5.41, 5.74) is 4.71. The van der Waals surface area contributed by atoms with E-state index in [1.165, 1.54) is 6.21 Å². The van der Waals surface area contributed by atoms with E-state index >= 15 is 0 Å². The van der Waals surface area contributed by atoms with Gasteiger partial charge in [0.1, 0.15) is 17.9 Å². The molecule has 0 aliphatic carbocycles. The summed E-state index contributed by atoms with van der Waals surface area (Å²) in [5, 5.41) is 5.92. The number of benzene rings is 3. The van der Waals surface area contributed by atoms with Crippen molar-refractivity contribution in [2.24, 2.45) is 5.10 Å². The van der Waals surface area contributed by atoms with Crippen LogP contribution in [0.3, 0.4) is 0 Å². The molecule has 1 N–H and O–H groups in total. The van der Waals surface area contributed by atoms with Crippen LogP contribution in [0.25, 0.3) is 10.9 Å².